The zero-order valence-electron chi connectivity index (χ0n) is 12.6. The van der Waals surface area contributed by atoms with Crippen LogP contribution in [0, 0.1) is 0 Å². The Bertz CT molecular complexity index is 463. The Morgan fingerprint density at radius 3 is 2.38 bits per heavy atom. The minimum Gasteiger partial charge on any atom is -0.450 e. The molecule has 1 aliphatic rings. The summed E-state index contributed by atoms with van der Waals surface area (Å²) in [6.07, 6.45) is -0.450. The van der Waals surface area contributed by atoms with Crippen molar-refractivity contribution in [3.63, 3.8) is 0 Å². The zero-order chi connectivity index (χ0) is 15.3. The Kier molecular flexibility index (Phi) is 5.03. The summed E-state index contributed by atoms with van der Waals surface area (Å²) in [5, 5.41) is 5.98. The van der Waals surface area contributed by atoms with Gasteiger partial charge in [0.15, 0.2) is 5.79 Å². The molecule has 1 aliphatic heterocycles. The van der Waals surface area contributed by atoms with Gasteiger partial charge in [0.1, 0.15) is 0 Å². The lowest BCUT2D eigenvalue weighted by Crippen LogP contribution is -2.45. The van der Waals surface area contributed by atoms with Gasteiger partial charge in [-0.2, -0.15) is 0 Å². The fourth-order valence-corrected chi connectivity index (χ4v) is 1.95. The highest BCUT2D eigenvalue weighted by Gasteiger charge is 2.28. The van der Waals surface area contributed by atoms with Gasteiger partial charge in [-0.3, -0.25) is 5.32 Å². The lowest BCUT2D eigenvalue weighted by atomic mass is 10.2. The highest BCUT2D eigenvalue weighted by Crippen LogP contribution is 2.20. The Morgan fingerprint density at radius 1 is 1.24 bits per heavy atom. The van der Waals surface area contributed by atoms with Gasteiger partial charge < -0.3 is 19.5 Å². The summed E-state index contributed by atoms with van der Waals surface area (Å²) in [4.78, 5) is 11.3. The molecule has 0 spiro atoms. The largest absolute Gasteiger partial charge is 0.450 e. The second-order valence-electron chi connectivity index (χ2n) is 5.29. The minimum absolute atomic E-state index is 0.113. The highest BCUT2D eigenvalue weighted by molar-refractivity contribution is 5.84. The quantitative estimate of drug-likeness (QED) is 0.893. The van der Waals surface area contributed by atoms with E-state index in [4.69, 9.17) is 14.2 Å². The van der Waals surface area contributed by atoms with Crippen LogP contribution in [0.15, 0.2) is 24.3 Å². The molecule has 21 heavy (non-hydrogen) atoms. The fourth-order valence-electron chi connectivity index (χ4n) is 1.95. The number of anilines is 2. The molecule has 0 bridgehead atoms. The second kappa shape index (κ2) is 6.78. The summed E-state index contributed by atoms with van der Waals surface area (Å²) in [6, 6.07) is 7.52. The molecule has 1 fully saturated rings. The number of rotatable bonds is 4. The van der Waals surface area contributed by atoms with Crippen molar-refractivity contribution in [2.45, 2.75) is 32.6 Å². The first-order chi connectivity index (χ1) is 9.98. The van der Waals surface area contributed by atoms with Gasteiger partial charge in [0.2, 0.25) is 0 Å². The molecule has 2 N–H and O–H groups in total. The van der Waals surface area contributed by atoms with Gasteiger partial charge in [-0.05, 0) is 45.0 Å². The summed E-state index contributed by atoms with van der Waals surface area (Å²) in [6.45, 7) is 7.11. The topological polar surface area (TPSA) is 68.8 Å². The molecule has 1 heterocycles. The van der Waals surface area contributed by atoms with E-state index in [0.717, 1.165) is 5.69 Å². The number of benzene rings is 1. The number of nitrogens with one attached hydrogen (secondary N) is 2. The third-order valence-electron chi connectivity index (χ3n) is 3.04. The van der Waals surface area contributed by atoms with E-state index in [2.05, 4.69) is 10.6 Å². The van der Waals surface area contributed by atoms with Crippen molar-refractivity contribution >= 4 is 17.5 Å². The predicted octanol–water partition coefficient (Wildman–Crippen LogP) is 2.82. The Balaban J connectivity index is 1.84. The maximum atomic E-state index is 11.3. The smallest absolute Gasteiger partial charge is 0.411 e. The Morgan fingerprint density at radius 2 is 1.81 bits per heavy atom. The van der Waals surface area contributed by atoms with Crippen LogP contribution in [0.3, 0.4) is 0 Å². The second-order valence-corrected chi connectivity index (χ2v) is 5.29. The summed E-state index contributed by atoms with van der Waals surface area (Å²) in [7, 11) is 0. The fraction of sp³-hybridized carbons (Fsp3) is 0.533. The normalized spacial score (nSPS) is 18.0. The van der Waals surface area contributed by atoms with Crippen LogP contribution in [0.1, 0.15) is 20.8 Å². The van der Waals surface area contributed by atoms with Gasteiger partial charge in [0.05, 0.1) is 25.9 Å². The molecule has 1 aromatic carbocycles. The standard InChI is InChI=1S/C15H22N2O4/c1-4-19-14(18)17-12-7-5-11(6-8-12)16-13-9-20-15(2,3)21-10-13/h5-8,13,16H,4,9-10H2,1-3H3,(H,17,18). The van der Waals surface area contributed by atoms with E-state index in [1.165, 1.54) is 0 Å². The lowest BCUT2D eigenvalue weighted by Gasteiger charge is -2.35. The lowest BCUT2D eigenvalue weighted by molar-refractivity contribution is -0.247. The average molecular weight is 294 g/mol. The first-order valence-corrected chi connectivity index (χ1v) is 7.07. The van der Waals surface area contributed by atoms with E-state index in [1.54, 1.807) is 6.92 Å². The molecule has 116 valence electrons. The van der Waals surface area contributed by atoms with Crippen LogP contribution in [0.5, 0.6) is 0 Å². The molecule has 6 heteroatoms. The molecule has 0 atom stereocenters. The van der Waals surface area contributed by atoms with Crippen molar-refractivity contribution in [1.82, 2.24) is 0 Å². The van der Waals surface area contributed by atoms with Crippen molar-refractivity contribution in [1.29, 1.82) is 0 Å². The molecule has 0 aromatic heterocycles. The van der Waals surface area contributed by atoms with Crippen molar-refractivity contribution in [2.75, 3.05) is 30.5 Å². The van der Waals surface area contributed by atoms with Crippen LogP contribution in [-0.4, -0.2) is 37.7 Å². The molecular weight excluding hydrogens is 272 g/mol. The van der Waals surface area contributed by atoms with Crippen molar-refractivity contribution in [2.24, 2.45) is 0 Å². The van der Waals surface area contributed by atoms with Gasteiger partial charge in [0.25, 0.3) is 0 Å². The number of hydrogen-bond donors (Lipinski definition) is 2. The third kappa shape index (κ3) is 4.91. The monoisotopic (exact) mass is 294 g/mol. The van der Waals surface area contributed by atoms with Crippen molar-refractivity contribution in [3.05, 3.63) is 24.3 Å². The van der Waals surface area contributed by atoms with Crippen LogP contribution in [0.2, 0.25) is 0 Å². The molecular formula is C15H22N2O4. The number of ether oxygens (including phenoxy) is 3. The average Bonchev–Trinajstić information content (AvgIpc) is 2.43. The summed E-state index contributed by atoms with van der Waals surface area (Å²) >= 11 is 0. The first-order valence-electron chi connectivity index (χ1n) is 7.07. The SMILES string of the molecule is CCOC(=O)Nc1ccc(NC2COC(C)(C)OC2)cc1. The third-order valence-corrected chi connectivity index (χ3v) is 3.04. The maximum Gasteiger partial charge on any atom is 0.411 e. The molecule has 0 aliphatic carbocycles. The molecule has 0 radical (unpaired) electrons. The number of carbonyl (C=O) groups excluding carboxylic acids is 1. The minimum atomic E-state index is -0.508. The molecule has 6 nitrogen and oxygen atoms in total. The van der Waals surface area contributed by atoms with Crippen LogP contribution < -0.4 is 10.6 Å². The van der Waals surface area contributed by atoms with Crippen molar-refractivity contribution in [3.8, 4) is 0 Å². The van der Waals surface area contributed by atoms with E-state index >= 15 is 0 Å². The van der Waals surface area contributed by atoms with Gasteiger partial charge in [-0.25, -0.2) is 4.79 Å². The molecule has 1 aromatic rings. The highest BCUT2D eigenvalue weighted by atomic mass is 16.7. The van der Waals surface area contributed by atoms with Gasteiger partial charge in [-0.1, -0.05) is 0 Å². The maximum absolute atomic E-state index is 11.3. The Labute approximate surface area is 124 Å². The van der Waals surface area contributed by atoms with E-state index in [-0.39, 0.29) is 6.04 Å². The Hall–Kier alpha value is -1.79. The summed E-state index contributed by atoms with van der Waals surface area (Å²) in [5.74, 6) is -0.508. The van der Waals surface area contributed by atoms with Crippen LogP contribution in [0.4, 0.5) is 16.2 Å². The van der Waals surface area contributed by atoms with Crippen LogP contribution in [0.25, 0.3) is 0 Å². The first kappa shape index (κ1) is 15.6. The molecule has 0 saturated carbocycles. The molecule has 1 amide bonds. The number of carbonyl (C=O) groups is 1. The van der Waals surface area contributed by atoms with Crippen LogP contribution >= 0.6 is 0 Å². The van der Waals surface area contributed by atoms with Gasteiger partial charge in [0, 0.05) is 11.4 Å². The van der Waals surface area contributed by atoms with E-state index < -0.39 is 11.9 Å². The van der Waals surface area contributed by atoms with E-state index in [9.17, 15) is 4.79 Å². The number of amides is 1. The summed E-state index contributed by atoms with van der Waals surface area (Å²) < 4.78 is 16.0. The summed E-state index contributed by atoms with van der Waals surface area (Å²) in [5.41, 5.74) is 1.64. The van der Waals surface area contributed by atoms with E-state index in [0.29, 0.717) is 25.5 Å². The van der Waals surface area contributed by atoms with E-state index in [1.807, 2.05) is 38.1 Å². The predicted molar refractivity (Wildman–Crippen MR) is 80.5 cm³/mol. The van der Waals surface area contributed by atoms with Crippen molar-refractivity contribution < 1.29 is 19.0 Å². The molecule has 0 unspecified atom stereocenters. The zero-order valence-corrected chi connectivity index (χ0v) is 12.6. The number of hydrogen-bond acceptors (Lipinski definition) is 5. The molecule has 1 saturated heterocycles. The molecule has 2 rings (SSSR count). The van der Waals surface area contributed by atoms with Gasteiger partial charge >= 0.3 is 6.09 Å². The van der Waals surface area contributed by atoms with Gasteiger partial charge in [-0.15, -0.1) is 0 Å². The van der Waals surface area contributed by atoms with Crippen LogP contribution in [-0.2, 0) is 14.2 Å².